The third kappa shape index (κ3) is 6.15. The lowest BCUT2D eigenvalue weighted by Gasteiger charge is -2.08. The fraction of sp³-hybridized carbons (Fsp3) is 0.182. The highest BCUT2D eigenvalue weighted by Gasteiger charge is 2.10. The molecule has 5 heteroatoms. The summed E-state index contributed by atoms with van der Waals surface area (Å²) in [6, 6.07) is 14.0. The maximum atomic E-state index is 12.4. The van der Waals surface area contributed by atoms with E-state index in [0.29, 0.717) is 5.56 Å². The molecule has 2 aromatic rings. The summed E-state index contributed by atoms with van der Waals surface area (Å²) in [4.78, 5) is 23.1. The lowest BCUT2D eigenvalue weighted by molar-refractivity contribution is -0.139. The number of benzene rings is 2. The Morgan fingerprint density at radius 3 is 2.41 bits per heavy atom. The van der Waals surface area contributed by atoms with Gasteiger partial charge >= 0.3 is 5.97 Å². The minimum absolute atomic E-state index is 0.247. The Morgan fingerprint density at radius 2 is 1.78 bits per heavy atom. The van der Waals surface area contributed by atoms with Gasteiger partial charge in [0.2, 0.25) is 0 Å². The van der Waals surface area contributed by atoms with E-state index in [1.54, 1.807) is 30.3 Å². The number of rotatable bonds is 9. The van der Waals surface area contributed by atoms with Gasteiger partial charge in [0.15, 0.2) is 12.4 Å². The van der Waals surface area contributed by atoms with Crippen molar-refractivity contribution < 1.29 is 24.2 Å². The van der Waals surface area contributed by atoms with Crippen molar-refractivity contribution in [3.8, 4) is 11.5 Å². The minimum Gasteiger partial charge on any atom is -0.481 e. The van der Waals surface area contributed by atoms with Gasteiger partial charge in [0, 0.05) is 6.42 Å². The maximum absolute atomic E-state index is 12.4. The fourth-order valence-electron chi connectivity index (χ4n) is 2.33. The van der Waals surface area contributed by atoms with Crippen molar-refractivity contribution in [3.63, 3.8) is 0 Å². The van der Waals surface area contributed by atoms with E-state index in [4.69, 9.17) is 14.6 Å². The zero-order valence-electron chi connectivity index (χ0n) is 15.3. The number of carboxylic acids is 1. The molecule has 2 aromatic carbocycles. The second-order valence-electron chi connectivity index (χ2n) is 5.66. The average molecular weight is 366 g/mol. The second-order valence-corrected chi connectivity index (χ2v) is 5.66. The Morgan fingerprint density at radius 1 is 1.07 bits per heavy atom. The minimum atomic E-state index is -1.10. The quantitative estimate of drug-likeness (QED) is 0.394. The number of aliphatic carboxylic acids is 1. The van der Waals surface area contributed by atoms with Gasteiger partial charge in [0.1, 0.15) is 11.5 Å². The van der Waals surface area contributed by atoms with Gasteiger partial charge in [0.05, 0.1) is 11.3 Å². The number of hydrogen-bond acceptors (Lipinski definition) is 4. The number of ether oxygens (including phenoxy) is 2. The standard InChI is InChI=1S/C22H22O5/c1-3-17(4-2)27-18-12-9-16(10-13-18)11-14-20(23)19-7-5-6-8-21(19)26-15-22(24)25/h3,5-14H,4,15H2,1-2H3,(H,24,25)/b14-11+,17-3+. The molecule has 0 unspecified atom stereocenters. The molecule has 0 fully saturated rings. The van der Waals surface area contributed by atoms with Crippen LogP contribution in [0.25, 0.3) is 6.08 Å². The Balaban J connectivity index is 2.07. The van der Waals surface area contributed by atoms with Crippen LogP contribution in [-0.2, 0) is 4.79 Å². The van der Waals surface area contributed by atoms with Crippen LogP contribution in [0.2, 0.25) is 0 Å². The monoisotopic (exact) mass is 366 g/mol. The lowest BCUT2D eigenvalue weighted by Crippen LogP contribution is -2.11. The van der Waals surface area contributed by atoms with Crippen LogP contribution < -0.4 is 9.47 Å². The molecule has 0 aliphatic heterocycles. The third-order valence-electron chi connectivity index (χ3n) is 3.73. The molecule has 0 atom stereocenters. The molecule has 0 amide bonds. The second kappa shape index (κ2) is 9.97. The van der Waals surface area contributed by atoms with Crippen LogP contribution in [0.3, 0.4) is 0 Å². The molecule has 27 heavy (non-hydrogen) atoms. The molecule has 0 heterocycles. The van der Waals surface area contributed by atoms with Crippen LogP contribution in [0.15, 0.2) is 66.4 Å². The number of ketones is 1. The van der Waals surface area contributed by atoms with Gasteiger partial charge in [-0.05, 0) is 48.9 Å². The van der Waals surface area contributed by atoms with Crippen LogP contribution in [0.1, 0.15) is 36.2 Å². The molecule has 2 rings (SSSR count). The zero-order chi connectivity index (χ0) is 19.6. The Bertz CT molecular complexity index is 847. The molecule has 0 radical (unpaired) electrons. The van der Waals surface area contributed by atoms with Gasteiger partial charge < -0.3 is 14.6 Å². The largest absolute Gasteiger partial charge is 0.481 e. The van der Waals surface area contributed by atoms with Gasteiger partial charge in [-0.3, -0.25) is 4.79 Å². The van der Waals surface area contributed by atoms with E-state index in [-0.39, 0.29) is 11.5 Å². The van der Waals surface area contributed by atoms with Crippen molar-refractivity contribution in [2.45, 2.75) is 20.3 Å². The highest BCUT2D eigenvalue weighted by atomic mass is 16.5. The van der Waals surface area contributed by atoms with Crippen LogP contribution in [0.5, 0.6) is 11.5 Å². The first-order valence-corrected chi connectivity index (χ1v) is 8.62. The maximum Gasteiger partial charge on any atom is 0.341 e. The van der Waals surface area contributed by atoms with Gasteiger partial charge in [-0.1, -0.05) is 37.3 Å². The Labute approximate surface area is 158 Å². The zero-order valence-corrected chi connectivity index (χ0v) is 15.3. The topological polar surface area (TPSA) is 72.8 Å². The predicted octanol–water partition coefficient (Wildman–Crippen LogP) is 4.74. The predicted molar refractivity (Wildman–Crippen MR) is 104 cm³/mol. The van der Waals surface area contributed by atoms with E-state index in [2.05, 4.69) is 0 Å². The summed E-state index contributed by atoms with van der Waals surface area (Å²) in [5, 5.41) is 8.73. The number of carbonyl (C=O) groups is 2. The van der Waals surface area contributed by atoms with Gasteiger partial charge in [-0.25, -0.2) is 4.79 Å². The van der Waals surface area contributed by atoms with Crippen LogP contribution in [-0.4, -0.2) is 23.5 Å². The number of hydrogen-bond donors (Lipinski definition) is 1. The molecular formula is C22H22O5. The molecule has 140 valence electrons. The molecule has 5 nitrogen and oxygen atoms in total. The van der Waals surface area contributed by atoms with Crippen molar-refractivity contribution in [3.05, 3.63) is 77.6 Å². The molecular weight excluding hydrogens is 344 g/mol. The van der Waals surface area contributed by atoms with E-state index in [9.17, 15) is 9.59 Å². The normalized spacial score (nSPS) is 11.4. The highest BCUT2D eigenvalue weighted by molar-refractivity contribution is 6.08. The van der Waals surface area contributed by atoms with Crippen LogP contribution in [0, 0.1) is 0 Å². The highest BCUT2D eigenvalue weighted by Crippen LogP contribution is 2.20. The summed E-state index contributed by atoms with van der Waals surface area (Å²) in [5.74, 6) is 0.516. The SMILES string of the molecule is C/C=C(\CC)Oc1ccc(/C=C/C(=O)c2ccccc2OCC(=O)O)cc1. The van der Waals surface area contributed by atoms with Crippen molar-refractivity contribution in [1.29, 1.82) is 0 Å². The van der Waals surface area contributed by atoms with Crippen molar-refractivity contribution >= 4 is 17.8 Å². The van der Waals surface area contributed by atoms with E-state index >= 15 is 0 Å². The van der Waals surface area contributed by atoms with Crippen molar-refractivity contribution in [2.75, 3.05) is 6.61 Å². The summed E-state index contributed by atoms with van der Waals surface area (Å²) in [5.41, 5.74) is 1.16. The third-order valence-corrected chi connectivity index (χ3v) is 3.73. The van der Waals surface area contributed by atoms with E-state index in [0.717, 1.165) is 23.5 Å². The van der Waals surface area contributed by atoms with Crippen molar-refractivity contribution in [1.82, 2.24) is 0 Å². The number of para-hydroxylation sites is 1. The summed E-state index contributed by atoms with van der Waals surface area (Å²) < 4.78 is 10.9. The number of carboxylic acid groups (broad SMARTS) is 1. The Kier molecular flexibility index (Phi) is 7.37. The molecule has 1 N–H and O–H groups in total. The van der Waals surface area contributed by atoms with E-state index in [1.165, 1.54) is 6.08 Å². The first-order valence-electron chi connectivity index (χ1n) is 8.62. The average Bonchev–Trinajstić information content (AvgIpc) is 2.69. The van der Waals surface area contributed by atoms with Gasteiger partial charge in [-0.2, -0.15) is 0 Å². The van der Waals surface area contributed by atoms with E-state index < -0.39 is 12.6 Å². The van der Waals surface area contributed by atoms with Crippen molar-refractivity contribution in [2.24, 2.45) is 0 Å². The lowest BCUT2D eigenvalue weighted by atomic mass is 10.1. The van der Waals surface area contributed by atoms with Gasteiger partial charge in [-0.15, -0.1) is 0 Å². The molecule has 0 saturated heterocycles. The first kappa shape index (κ1) is 20.0. The summed E-state index contributed by atoms with van der Waals surface area (Å²) in [6.07, 6.45) is 5.87. The first-order chi connectivity index (χ1) is 13.0. The summed E-state index contributed by atoms with van der Waals surface area (Å²) in [6.45, 7) is 3.46. The molecule has 0 aliphatic rings. The fourth-order valence-corrected chi connectivity index (χ4v) is 2.33. The summed E-state index contributed by atoms with van der Waals surface area (Å²) >= 11 is 0. The molecule has 0 aliphatic carbocycles. The summed E-state index contributed by atoms with van der Waals surface area (Å²) in [7, 11) is 0. The molecule has 0 saturated carbocycles. The Hall–Kier alpha value is -3.34. The van der Waals surface area contributed by atoms with Gasteiger partial charge in [0.25, 0.3) is 0 Å². The smallest absolute Gasteiger partial charge is 0.341 e. The molecule has 0 spiro atoms. The van der Waals surface area contributed by atoms with Crippen LogP contribution in [0.4, 0.5) is 0 Å². The van der Waals surface area contributed by atoms with Crippen LogP contribution >= 0.6 is 0 Å². The molecule has 0 bridgehead atoms. The molecule has 0 aromatic heterocycles. The number of carbonyl (C=O) groups excluding carboxylic acids is 1. The number of allylic oxidation sites excluding steroid dienone is 3. The van der Waals surface area contributed by atoms with E-state index in [1.807, 2.05) is 44.2 Å².